The second-order valence-electron chi connectivity index (χ2n) is 14.5. The number of anilines is 3. The Bertz CT molecular complexity index is 1660. The highest BCUT2D eigenvalue weighted by atomic mass is 35.5. The van der Waals surface area contributed by atoms with Crippen molar-refractivity contribution in [1.82, 2.24) is 25.3 Å². The minimum Gasteiger partial charge on any atom is -0.478 e. The van der Waals surface area contributed by atoms with Gasteiger partial charge in [0.1, 0.15) is 16.4 Å². The molecule has 2 saturated heterocycles. The van der Waals surface area contributed by atoms with E-state index >= 15 is 0 Å². The minimum atomic E-state index is -1.04. The maximum absolute atomic E-state index is 12.8. The van der Waals surface area contributed by atoms with Crippen molar-refractivity contribution in [2.24, 2.45) is 11.3 Å². The number of ether oxygens (including phenoxy) is 1. The van der Waals surface area contributed by atoms with Crippen LogP contribution in [0.5, 0.6) is 0 Å². The van der Waals surface area contributed by atoms with E-state index in [1.807, 2.05) is 32.9 Å². The summed E-state index contributed by atoms with van der Waals surface area (Å²) in [5.74, 6) is 0.743. The van der Waals surface area contributed by atoms with Crippen LogP contribution >= 0.6 is 23.4 Å². The molecule has 2 aliphatic rings. The number of alkyl carbamates (subject to hydrolysis) is 1. The molecule has 15 heteroatoms. The number of amides is 2. The molecule has 0 radical (unpaired) electrons. The van der Waals surface area contributed by atoms with E-state index in [4.69, 9.17) is 21.4 Å². The molecule has 0 saturated carbocycles. The third-order valence-corrected chi connectivity index (χ3v) is 10.7. The van der Waals surface area contributed by atoms with Crippen LogP contribution in [-0.2, 0) is 9.53 Å². The van der Waals surface area contributed by atoms with E-state index in [1.54, 1.807) is 18.5 Å². The van der Waals surface area contributed by atoms with Gasteiger partial charge in [-0.25, -0.2) is 29.5 Å². The lowest BCUT2D eigenvalue weighted by Crippen LogP contribution is -2.45. The van der Waals surface area contributed by atoms with Gasteiger partial charge in [0.25, 0.3) is 0 Å². The summed E-state index contributed by atoms with van der Waals surface area (Å²) in [4.78, 5) is 58.8. The van der Waals surface area contributed by atoms with Gasteiger partial charge in [0, 0.05) is 56.4 Å². The fraction of sp³-hybridized carbons (Fsp3) is 0.528. The molecule has 0 unspecified atom stereocenters. The van der Waals surface area contributed by atoms with Crippen LogP contribution in [0.15, 0.2) is 52.9 Å². The van der Waals surface area contributed by atoms with Gasteiger partial charge in [-0.1, -0.05) is 36.4 Å². The number of aromatic carboxylic acids is 1. The average Bonchev–Trinajstić information content (AvgIpc) is 3.10. The molecule has 0 atom stereocenters. The van der Waals surface area contributed by atoms with Crippen LogP contribution in [-0.4, -0.2) is 81.3 Å². The van der Waals surface area contributed by atoms with Crippen molar-refractivity contribution in [2.45, 2.75) is 88.2 Å². The SMILES string of the molecule is CC1(CNC(=O)OC(C)(C)C)CCN(c2cnc(Sc3cccc(NC(=O)CCCC4CCN(c5ncc(C(=O)O)cn5)CC4)c3Cl)cn2)CC1. The summed E-state index contributed by atoms with van der Waals surface area (Å²) < 4.78 is 5.38. The molecular formula is C36H47ClN8O5S. The van der Waals surface area contributed by atoms with E-state index in [0.29, 0.717) is 40.6 Å². The molecule has 2 aliphatic heterocycles. The predicted molar refractivity (Wildman–Crippen MR) is 198 cm³/mol. The number of halogens is 1. The number of carboxylic acids is 1. The van der Waals surface area contributed by atoms with E-state index in [-0.39, 0.29) is 23.0 Å². The van der Waals surface area contributed by atoms with Gasteiger partial charge in [0.15, 0.2) is 0 Å². The normalized spacial score (nSPS) is 16.4. The quantitative estimate of drug-likeness (QED) is 0.176. The van der Waals surface area contributed by atoms with E-state index < -0.39 is 11.6 Å². The first-order chi connectivity index (χ1) is 24.3. The largest absolute Gasteiger partial charge is 0.478 e. The summed E-state index contributed by atoms with van der Waals surface area (Å²) in [5.41, 5.74) is 0.0924. The van der Waals surface area contributed by atoms with Crippen molar-refractivity contribution in [1.29, 1.82) is 0 Å². The minimum absolute atomic E-state index is 0.0237. The summed E-state index contributed by atoms with van der Waals surface area (Å²) in [7, 11) is 0. The Morgan fingerprint density at radius 2 is 1.71 bits per heavy atom. The highest BCUT2D eigenvalue weighted by Gasteiger charge is 2.32. The van der Waals surface area contributed by atoms with Crippen LogP contribution in [0.2, 0.25) is 5.02 Å². The zero-order chi connectivity index (χ0) is 36.6. The van der Waals surface area contributed by atoms with Gasteiger partial charge < -0.3 is 30.3 Å². The van der Waals surface area contributed by atoms with Gasteiger partial charge in [0.2, 0.25) is 11.9 Å². The first kappa shape index (κ1) is 38.1. The van der Waals surface area contributed by atoms with Crippen LogP contribution in [0.25, 0.3) is 0 Å². The third-order valence-electron chi connectivity index (χ3n) is 9.22. The lowest BCUT2D eigenvalue weighted by atomic mass is 9.80. The van der Waals surface area contributed by atoms with Crippen molar-refractivity contribution in [3.05, 3.63) is 53.6 Å². The molecule has 0 spiro atoms. The first-order valence-corrected chi connectivity index (χ1v) is 18.6. The Morgan fingerprint density at radius 1 is 1.00 bits per heavy atom. The molecule has 3 aromatic rings. The fourth-order valence-electron chi connectivity index (χ4n) is 6.16. The maximum atomic E-state index is 12.8. The lowest BCUT2D eigenvalue weighted by molar-refractivity contribution is -0.116. The molecule has 0 aliphatic carbocycles. The molecule has 2 aromatic heterocycles. The number of carbonyl (C=O) groups excluding carboxylic acids is 2. The van der Waals surface area contributed by atoms with E-state index in [2.05, 4.69) is 47.3 Å². The van der Waals surface area contributed by atoms with Crippen molar-refractivity contribution < 1.29 is 24.2 Å². The van der Waals surface area contributed by atoms with Crippen molar-refractivity contribution in [3.8, 4) is 0 Å². The molecular weight excluding hydrogens is 692 g/mol. The van der Waals surface area contributed by atoms with Gasteiger partial charge in [-0.2, -0.15) is 0 Å². The molecule has 2 fully saturated rings. The number of hydrogen-bond acceptors (Lipinski definition) is 11. The molecule has 13 nitrogen and oxygen atoms in total. The molecule has 5 rings (SSSR count). The average molecular weight is 739 g/mol. The molecule has 0 bridgehead atoms. The standard InChI is InChI=1S/C36H47ClN8O5S/c1-35(2,3)50-34(49)42-23-36(4)13-17-44(18-14-36)28-21-39-30(22-38-28)51-27-9-6-8-26(31(27)37)43-29(46)10-5-7-24-11-15-45(16-12-24)33-40-19-25(20-41-33)32(47)48/h6,8-9,19-22,24H,5,7,10-18,23H2,1-4H3,(H,42,49)(H,43,46)(H,47,48). The van der Waals surface area contributed by atoms with Gasteiger partial charge in [-0.05, 0) is 82.8 Å². The monoisotopic (exact) mass is 738 g/mol. The summed E-state index contributed by atoms with van der Waals surface area (Å²) in [6, 6.07) is 5.56. The fourth-order valence-corrected chi connectivity index (χ4v) is 7.23. The Kier molecular flexibility index (Phi) is 12.6. The number of piperidine rings is 2. The second kappa shape index (κ2) is 16.9. The van der Waals surface area contributed by atoms with Crippen LogP contribution in [0.1, 0.15) is 83.0 Å². The predicted octanol–water partition coefficient (Wildman–Crippen LogP) is 6.93. The number of hydrogen-bond donors (Lipinski definition) is 3. The van der Waals surface area contributed by atoms with E-state index in [0.717, 1.165) is 75.4 Å². The van der Waals surface area contributed by atoms with Crippen LogP contribution < -0.4 is 20.4 Å². The van der Waals surface area contributed by atoms with Crippen molar-refractivity contribution in [3.63, 3.8) is 0 Å². The van der Waals surface area contributed by atoms with Crippen molar-refractivity contribution in [2.75, 3.05) is 47.8 Å². The highest BCUT2D eigenvalue weighted by molar-refractivity contribution is 7.99. The molecule has 274 valence electrons. The number of nitrogens with zero attached hydrogens (tertiary/aromatic N) is 6. The first-order valence-electron chi connectivity index (χ1n) is 17.4. The summed E-state index contributed by atoms with van der Waals surface area (Å²) >= 11 is 8.13. The number of carboxylic acid groups (broad SMARTS) is 1. The summed E-state index contributed by atoms with van der Waals surface area (Å²) in [6.45, 7) is 11.5. The Morgan fingerprint density at radius 3 is 2.33 bits per heavy atom. The number of carbonyl (C=O) groups is 3. The summed E-state index contributed by atoms with van der Waals surface area (Å²) in [5, 5.41) is 16.1. The molecule has 51 heavy (non-hydrogen) atoms. The van der Waals surface area contributed by atoms with Gasteiger partial charge >= 0.3 is 12.1 Å². The third kappa shape index (κ3) is 11.2. The number of aromatic nitrogens is 4. The van der Waals surface area contributed by atoms with Gasteiger partial charge in [-0.3, -0.25) is 4.79 Å². The number of nitrogens with one attached hydrogen (secondary N) is 2. The highest BCUT2D eigenvalue weighted by Crippen LogP contribution is 2.37. The Balaban J connectivity index is 1.03. The van der Waals surface area contributed by atoms with Crippen molar-refractivity contribution >= 4 is 58.8 Å². The number of rotatable bonds is 12. The van der Waals surface area contributed by atoms with E-state index in [9.17, 15) is 14.4 Å². The van der Waals surface area contributed by atoms with Gasteiger partial charge in [0.05, 0.1) is 28.7 Å². The van der Waals surface area contributed by atoms with Crippen LogP contribution in [0.3, 0.4) is 0 Å². The van der Waals surface area contributed by atoms with Crippen LogP contribution in [0.4, 0.5) is 22.2 Å². The lowest BCUT2D eigenvalue weighted by Gasteiger charge is -2.40. The van der Waals surface area contributed by atoms with E-state index in [1.165, 1.54) is 24.2 Å². The molecule has 4 heterocycles. The number of benzene rings is 1. The topological polar surface area (TPSA) is 163 Å². The second-order valence-corrected chi connectivity index (χ2v) is 16.0. The molecule has 1 aromatic carbocycles. The zero-order valence-electron chi connectivity index (χ0n) is 29.7. The van der Waals surface area contributed by atoms with Crippen LogP contribution in [0, 0.1) is 11.3 Å². The molecule has 2 amide bonds. The zero-order valence-corrected chi connectivity index (χ0v) is 31.2. The Labute approximate surface area is 308 Å². The maximum Gasteiger partial charge on any atom is 0.407 e. The summed E-state index contributed by atoms with van der Waals surface area (Å²) in [6.07, 6.45) is 11.7. The smallest absolute Gasteiger partial charge is 0.407 e. The van der Waals surface area contributed by atoms with Gasteiger partial charge in [-0.15, -0.1) is 0 Å². The molecule has 3 N–H and O–H groups in total. The Hall–Kier alpha value is -4.17.